The predicted molar refractivity (Wildman–Crippen MR) is 110 cm³/mol. The molecule has 1 aliphatic carbocycles. The molecule has 0 bridgehead atoms. The summed E-state index contributed by atoms with van der Waals surface area (Å²) >= 11 is 0. The highest BCUT2D eigenvalue weighted by Gasteiger charge is 2.24. The Kier molecular flexibility index (Phi) is 8.21. The second-order valence-corrected chi connectivity index (χ2v) is 6.72. The summed E-state index contributed by atoms with van der Waals surface area (Å²) in [6.07, 6.45) is 5.62. The van der Waals surface area contributed by atoms with Gasteiger partial charge in [-0.1, -0.05) is 6.07 Å². The highest BCUT2D eigenvalue weighted by Crippen LogP contribution is 2.29. The highest BCUT2D eigenvalue weighted by atomic mass is 127. The third-order valence-electron chi connectivity index (χ3n) is 4.61. The van der Waals surface area contributed by atoms with E-state index in [1.807, 2.05) is 19.3 Å². The summed E-state index contributed by atoms with van der Waals surface area (Å²) < 4.78 is 10.9. The molecule has 1 aromatic rings. The molecule has 2 fully saturated rings. The van der Waals surface area contributed by atoms with Gasteiger partial charge >= 0.3 is 0 Å². The lowest BCUT2D eigenvalue weighted by Crippen LogP contribution is -2.39. The Hall–Kier alpha value is -1.09. The third-order valence-corrected chi connectivity index (χ3v) is 4.61. The fourth-order valence-electron chi connectivity index (χ4n) is 3.00. The van der Waals surface area contributed by atoms with Gasteiger partial charge < -0.3 is 19.7 Å². The van der Waals surface area contributed by atoms with E-state index in [2.05, 4.69) is 26.3 Å². The number of hydrogen-bond donors (Lipinski definition) is 1. The lowest BCUT2D eigenvalue weighted by molar-refractivity contribution is 0.157. The monoisotopic (exact) mass is 460 g/mol. The quantitative estimate of drug-likeness (QED) is 0.385. The van der Waals surface area contributed by atoms with Gasteiger partial charge in [-0.2, -0.15) is 0 Å². The van der Waals surface area contributed by atoms with E-state index in [1.165, 1.54) is 12.8 Å². The number of ether oxygens (including phenoxy) is 2. The first-order valence-electron chi connectivity index (χ1n) is 8.80. The molecule has 1 saturated carbocycles. The Morgan fingerprint density at radius 3 is 2.76 bits per heavy atom. The standard InChI is InChI=1S/C18H28N4O2.HI/c1-19-18(22-8-7-16(11-22)12-23-2)21-10-15-5-6-17(20-9-15)24-13-14-3-4-14;/h5-6,9,14,16H,3-4,7-8,10-13H2,1-2H3,(H,19,21);1H. The van der Waals surface area contributed by atoms with Crippen LogP contribution in [0.5, 0.6) is 5.88 Å². The van der Waals surface area contributed by atoms with Crippen LogP contribution in [0.3, 0.4) is 0 Å². The second-order valence-electron chi connectivity index (χ2n) is 6.72. The smallest absolute Gasteiger partial charge is 0.213 e. The Morgan fingerprint density at radius 1 is 1.28 bits per heavy atom. The Morgan fingerprint density at radius 2 is 2.12 bits per heavy atom. The van der Waals surface area contributed by atoms with Crippen LogP contribution in [0.15, 0.2) is 23.3 Å². The van der Waals surface area contributed by atoms with E-state index in [9.17, 15) is 0 Å². The van der Waals surface area contributed by atoms with Crippen molar-refractivity contribution >= 4 is 29.9 Å². The topological polar surface area (TPSA) is 59.0 Å². The molecule has 1 N–H and O–H groups in total. The molecule has 1 unspecified atom stereocenters. The van der Waals surface area contributed by atoms with Gasteiger partial charge in [0.2, 0.25) is 5.88 Å². The minimum absolute atomic E-state index is 0. The van der Waals surface area contributed by atoms with Crippen LogP contribution in [0.1, 0.15) is 24.8 Å². The summed E-state index contributed by atoms with van der Waals surface area (Å²) in [6.45, 7) is 4.36. The number of nitrogens with one attached hydrogen (secondary N) is 1. The van der Waals surface area contributed by atoms with Crippen LogP contribution in [0.25, 0.3) is 0 Å². The number of guanidine groups is 1. The van der Waals surface area contributed by atoms with Gasteiger partial charge in [-0.3, -0.25) is 4.99 Å². The average molecular weight is 460 g/mol. The molecule has 7 heteroatoms. The van der Waals surface area contributed by atoms with Crippen molar-refractivity contribution in [2.45, 2.75) is 25.8 Å². The molecule has 1 aromatic heterocycles. The van der Waals surface area contributed by atoms with E-state index in [1.54, 1.807) is 7.11 Å². The van der Waals surface area contributed by atoms with Crippen LogP contribution in [0, 0.1) is 11.8 Å². The van der Waals surface area contributed by atoms with Crippen LogP contribution in [0.4, 0.5) is 0 Å². The van der Waals surface area contributed by atoms with Gasteiger partial charge in [0.1, 0.15) is 0 Å². The van der Waals surface area contributed by atoms with Crippen molar-refractivity contribution in [3.05, 3.63) is 23.9 Å². The molecule has 2 heterocycles. The first-order valence-corrected chi connectivity index (χ1v) is 8.80. The van der Waals surface area contributed by atoms with Crippen LogP contribution >= 0.6 is 24.0 Å². The molecule has 0 radical (unpaired) electrons. The van der Waals surface area contributed by atoms with E-state index in [0.29, 0.717) is 12.5 Å². The maximum atomic E-state index is 5.67. The maximum Gasteiger partial charge on any atom is 0.213 e. The van der Waals surface area contributed by atoms with Gasteiger partial charge in [0.05, 0.1) is 13.2 Å². The van der Waals surface area contributed by atoms with Gasteiger partial charge in [-0.25, -0.2) is 4.98 Å². The van der Waals surface area contributed by atoms with E-state index >= 15 is 0 Å². The summed E-state index contributed by atoms with van der Waals surface area (Å²) in [7, 11) is 3.60. The van der Waals surface area contributed by atoms with E-state index < -0.39 is 0 Å². The van der Waals surface area contributed by atoms with Crippen molar-refractivity contribution in [1.82, 2.24) is 15.2 Å². The lowest BCUT2D eigenvalue weighted by atomic mass is 10.1. The second kappa shape index (κ2) is 10.2. The van der Waals surface area contributed by atoms with Crippen molar-refractivity contribution in [1.29, 1.82) is 0 Å². The summed E-state index contributed by atoms with van der Waals surface area (Å²) in [6, 6.07) is 4.01. The van der Waals surface area contributed by atoms with Crippen molar-refractivity contribution in [3.8, 4) is 5.88 Å². The van der Waals surface area contributed by atoms with Crippen molar-refractivity contribution in [2.75, 3.05) is 40.5 Å². The minimum Gasteiger partial charge on any atom is -0.477 e. The van der Waals surface area contributed by atoms with E-state index in [4.69, 9.17) is 9.47 Å². The molecule has 0 amide bonds. The molecule has 3 rings (SSSR count). The maximum absolute atomic E-state index is 5.67. The van der Waals surface area contributed by atoms with Crippen LogP contribution < -0.4 is 10.1 Å². The minimum atomic E-state index is 0. The summed E-state index contributed by atoms with van der Waals surface area (Å²) in [5.41, 5.74) is 1.13. The van der Waals surface area contributed by atoms with Gasteiger partial charge in [0.25, 0.3) is 0 Å². The molecular weight excluding hydrogens is 431 g/mol. The van der Waals surface area contributed by atoms with E-state index in [0.717, 1.165) is 56.0 Å². The van der Waals surface area contributed by atoms with Gasteiger partial charge in [-0.15, -0.1) is 24.0 Å². The average Bonchev–Trinajstić information content (AvgIpc) is 3.33. The summed E-state index contributed by atoms with van der Waals surface area (Å²) in [4.78, 5) is 11.1. The molecule has 1 atom stereocenters. The van der Waals surface area contributed by atoms with Crippen LogP contribution in [0.2, 0.25) is 0 Å². The fourth-order valence-corrected chi connectivity index (χ4v) is 3.00. The molecule has 140 valence electrons. The van der Waals surface area contributed by atoms with Crippen LogP contribution in [-0.2, 0) is 11.3 Å². The lowest BCUT2D eigenvalue weighted by Gasteiger charge is -2.21. The largest absolute Gasteiger partial charge is 0.477 e. The number of likely N-dealkylation sites (tertiary alicyclic amines) is 1. The highest BCUT2D eigenvalue weighted by molar-refractivity contribution is 14.0. The SMILES string of the molecule is CN=C(NCc1ccc(OCC2CC2)nc1)N1CCC(COC)C1.I. The number of nitrogens with zero attached hydrogens (tertiary/aromatic N) is 3. The molecule has 0 aromatic carbocycles. The third kappa shape index (κ3) is 6.29. The van der Waals surface area contributed by atoms with Crippen molar-refractivity contribution < 1.29 is 9.47 Å². The molecule has 6 nitrogen and oxygen atoms in total. The summed E-state index contributed by atoms with van der Waals surface area (Å²) in [5.74, 6) is 3.01. The normalized spacial score (nSPS) is 20.3. The van der Waals surface area contributed by atoms with Crippen molar-refractivity contribution in [2.24, 2.45) is 16.8 Å². The molecule has 25 heavy (non-hydrogen) atoms. The first-order chi connectivity index (χ1) is 11.8. The zero-order valence-electron chi connectivity index (χ0n) is 15.1. The van der Waals surface area contributed by atoms with Crippen molar-refractivity contribution in [3.63, 3.8) is 0 Å². The van der Waals surface area contributed by atoms with Gasteiger partial charge in [0, 0.05) is 52.0 Å². The first kappa shape index (κ1) is 20.2. The number of aliphatic imine (C=N–C) groups is 1. The number of hydrogen-bond acceptors (Lipinski definition) is 4. The predicted octanol–water partition coefficient (Wildman–Crippen LogP) is 2.53. The Balaban J connectivity index is 0.00000225. The number of methoxy groups -OCH3 is 1. The summed E-state index contributed by atoms with van der Waals surface area (Å²) in [5, 5.41) is 3.42. The number of pyridine rings is 1. The zero-order valence-corrected chi connectivity index (χ0v) is 17.4. The van der Waals surface area contributed by atoms with E-state index in [-0.39, 0.29) is 24.0 Å². The Bertz CT molecular complexity index is 549. The molecule has 0 spiro atoms. The number of halogens is 1. The van der Waals surface area contributed by atoms with Gasteiger partial charge in [-0.05, 0) is 30.7 Å². The molecule has 1 aliphatic heterocycles. The zero-order chi connectivity index (χ0) is 16.8. The number of aromatic nitrogens is 1. The Labute approximate surface area is 167 Å². The van der Waals surface area contributed by atoms with Crippen LogP contribution in [-0.4, -0.2) is 56.3 Å². The number of rotatable bonds is 7. The fraction of sp³-hybridized carbons (Fsp3) is 0.667. The van der Waals surface area contributed by atoms with Gasteiger partial charge in [0.15, 0.2) is 5.96 Å². The molecule has 1 saturated heterocycles. The molecule has 2 aliphatic rings. The molecular formula is C18H29IN4O2.